The van der Waals surface area contributed by atoms with Crippen LogP contribution in [0.25, 0.3) is 0 Å². The molecule has 1 aromatic heterocycles. The Hall–Kier alpha value is -3.88. The van der Waals surface area contributed by atoms with Gasteiger partial charge in [0, 0.05) is 31.9 Å². The number of piperazine rings is 1. The highest BCUT2D eigenvalue weighted by Gasteiger charge is 2.30. The lowest BCUT2D eigenvalue weighted by Gasteiger charge is -2.36. The second-order valence-corrected chi connectivity index (χ2v) is 6.70. The molecule has 0 aliphatic carbocycles. The van der Waals surface area contributed by atoms with E-state index >= 15 is 0 Å². The van der Waals surface area contributed by atoms with E-state index < -0.39 is 4.92 Å². The summed E-state index contributed by atoms with van der Waals surface area (Å²) in [6.45, 7) is 2.61. The minimum Gasteiger partial charge on any atom is -0.497 e. The van der Waals surface area contributed by atoms with Crippen molar-refractivity contribution in [1.82, 2.24) is 9.97 Å². The zero-order valence-electron chi connectivity index (χ0n) is 16.5. The molecule has 0 atom stereocenters. The highest BCUT2D eigenvalue weighted by Crippen LogP contribution is 2.36. The van der Waals surface area contributed by atoms with Crippen molar-refractivity contribution in [2.24, 2.45) is 0 Å². The molecule has 9 nitrogen and oxygen atoms in total. The predicted octanol–water partition coefficient (Wildman–Crippen LogP) is 3.51. The molecule has 0 N–H and O–H groups in total. The van der Waals surface area contributed by atoms with Crippen LogP contribution in [-0.4, -0.2) is 48.2 Å². The molecule has 1 aliphatic rings. The van der Waals surface area contributed by atoms with Gasteiger partial charge in [-0.2, -0.15) is 4.98 Å². The maximum absolute atomic E-state index is 11.8. The fourth-order valence-electron chi connectivity index (χ4n) is 3.39. The molecule has 4 rings (SSSR count). The summed E-state index contributed by atoms with van der Waals surface area (Å²) in [7, 11) is 1.64. The Kier molecular flexibility index (Phi) is 5.60. The van der Waals surface area contributed by atoms with Crippen molar-refractivity contribution in [3.05, 3.63) is 71.0 Å². The lowest BCUT2D eigenvalue weighted by atomic mass is 10.2. The summed E-state index contributed by atoms with van der Waals surface area (Å²) >= 11 is 0. The number of aromatic nitrogens is 2. The van der Waals surface area contributed by atoms with Crippen LogP contribution >= 0.6 is 0 Å². The monoisotopic (exact) mass is 407 g/mol. The molecule has 2 aromatic carbocycles. The predicted molar refractivity (Wildman–Crippen MR) is 113 cm³/mol. The summed E-state index contributed by atoms with van der Waals surface area (Å²) in [5, 5.41) is 11.8. The van der Waals surface area contributed by atoms with Gasteiger partial charge < -0.3 is 19.3 Å². The summed E-state index contributed by atoms with van der Waals surface area (Å²) in [5.41, 5.74) is 0.861. The van der Waals surface area contributed by atoms with E-state index in [-0.39, 0.29) is 17.4 Å². The first-order chi connectivity index (χ1) is 14.7. The topological polar surface area (TPSA) is 93.9 Å². The molecule has 9 heteroatoms. The minimum absolute atomic E-state index is 0.0613. The lowest BCUT2D eigenvalue weighted by Crippen LogP contribution is -2.47. The third-order valence-corrected chi connectivity index (χ3v) is 4.93. The quantitative estimate of drug-likeness (QED) is 0.453. The Morgan fingerprint density at radius 2 is 1.57 bits per heavy atom. The number of benzene rings is 2. The molecule has 1 saturated heterocycles. The third-order valence-electron chi connectivity index (χ3n) is 4.93. The number of nitrogens with zero attached hydrogens (tertiary/aromatic N) is 5. The van der Waals surface area contributed by atoms with E-state index in [1.807, 2.05) is 35.2 Å². The van der Waals surface area contributed by atoms with Gasteiger partial charge in [-0.25, -0.2) is 4.98 Å². The van der Waals surface area contributed by atoms with Gasteiger partial charge in [-0.3, -0.25) is 10.1 Å². The summed E-state index contributed by atoms with van der Waals surface area (Å²) in [4.78, 5) is 23.7. The number of para-hydroxylation sites is 1. The Bertz CT molecular complexity index is 1010. The zero-order chi connectivity index (χ0) is 20.9. The first-order valence-corrected chi connectivity index (χ1v) is 9.52. The SMILES string of the molecule is COc1ccc(N2CCN(c3ncnc(Oc4ccccc4)c3[N+](=O)[O-])CC2)cc1. The van der Waals surface area contributed by atoms with Crippen molar-refractivity contribution in [2.75, 3.05) is 43.1 Å². The van der Waals surface area contributed by atoms with E-state index in [0.29, 0.717) is 31.9 Å². The molecule has 0 unspecified atom stereocenters. The Labute approximate surface area is 173 Å². The average Bonchev–Trinajstić information content (AvgIpc) is 2.79. The molecule has 0 spiro atoms. The molecule has 0 bridgehead atoms. The number of hydrogen-bond donors (Lipinski definition) is 0. The number of ether oxygens (including phenoxy) is 2. The van der Waals surface area contributed by atoms with Crippen LogP contribution in [0.4, 0.5) is 17.2 Å². The van der Waals surface area contributed by atoms with Gasteiger partial charge in [0.15, 0.2) is 0 Å². The van der Waals surface area contributed by atoms with E-state index in [1.165, 1.54) is 6.33 Å². The normalized spacial score (nSPS) is 13.8. The van der Waals surface area contributed by atoms with Crippen LogP contribution in [0.15, 0.2) is 60.9 Å². The average molecular weight is 407 g/mol. The van der Waals surface area contributed by atoms with Crippen LogP contribution in [0.2, 0.25) is 0 Å². The van der Waals surface area contributed by atoms with Gasteiger partial charge in [-0.05, 0) is 36.4 Å². The molecular formula is C21H21N5O4. The number of rotatable bonds is 6. The molecule has 0 amide bonds. The standard InChI is InChI=1S/C21H21N5O4/c1-29-17-9-7-16(8-10-17)24-11-13-25(14-12-24)20-19(26(27)28)21(23-15-22-20)30-18-5-3-2-4-6-18/h2-10,15H,11-14H2,1H3. The van der Waals surface area contributed by atoms with Crippen molar-refractivity contribution >= 4 is 17.2 Å². The summed E-state index contributed by atoms with van der Waals surface area (Å²) < 4.78 is 10.9. The van der Waals surface area contributed by atoms with E-state index in [1.54, 1.807) is 31.4 Å². The van der Waals surface area contributed by atoms with Crippen LogP contribution in [0.5, 0.6) is 17.4 Å². The lowest BCUT2D eigenvalue weighted by molar-refractivity contribution is -0.385. The first kappa shape index (κ1) is 19.4. The van der Waals surface area contributed by atoms with Crippen LogP contribution in [-0.2, 0) is 0 Å². The first-order valence-electron chi connectivity index (χ1n) is 9.52. The molecular weight excluding hydrogens is 386 g/mol. The molecule has 1 fully saturated rings. The second kappa shape index (κ2) is 8.64. The minimum atomic E-state index is -0.483. The highest BCUT2D eigenvalue weighted by atomic mass is 16.6. The van der Waals surface area contributed by atoms with Crippen molar-refractivity contribution in [3.8, 4) is 17.4 Å². The van der Waals surface area contributed by atoms with Crippen molar-refractivity contribution in [1.29, 1.82) is 0 Å². The Morgan fingerprint density at radius 1 is 0.900 bits per heavy atom. The van der Waals surface area contributed by atoms with Gasteiger partial charge in [0.2, 0.25) is 5.82 Å². The summed E-state index contributed by atoms with van der Waals surface area (Å²) in [5.74, 6) is 1.50. The molecule has 30 heavy (non-hydrogen) atoms. The Balaban J connectivity index is 1.52. The fourth-order valence-corrected chi connectivity index (χ4v) is 3.39. The van der Waals surface area contributed by atoms with Crippen LogP contribution in [0, 0.1) is 10.1 Å². The molecule has 1 aliphatic heterocycles. The van der Waals surface area contributed by atoms with Gasteiger partial charge in [0.05, 0.1) is 12.0 Å². The van der Waals surface area contributed by atoms with Crippen LogP contribution in [0.3, 0.4) is 0 Å². The number of nitro groups is 1. The highest BCUT2D eigenvalue weighted by molar-refractivity contribution is 5.64. The van der Waals surface area contributed by atoms with Crippen LogP contribution in [0.1, 0.15) is 0 Å². The van der Waals surface area contributed by atoms with Crippen molar-refractivity contribution in [2.45, 2.75) is 0 Å². The van der Waals surface area contributed by atoms with E-state index in [2.05, 4.69) is 14.9 Å². The van der Waals surface area contributed by atoms with Gasteiger partial charge in [-0.15, -0.1) is 0 Å². The van der Waals surface area contributed by atoms with Gasteiger partial charge in [0.25, 0.3) is 0 Å². The van der Waals surface area contributed by atoms with Gasteiger partial charge in [0.1, 0.15) is 17.8 Å². The maximum Gasteiger partial charge on any atom is 0.373 e. The Morgan fingerprint density at radius 3 is 2.20 bits per heavy atom. The third kappa shape index (κ3) is 4.09. The van der Waals surface area contributed by atoms with Gasteiger partial charge >= 0.3 is 11.6 Å². The number of hydrogen-bond acceptors (Lipinski definition) is 8. The molecule has 3 aromatic rings. The van der Waals surface area contributed by atoms with Crippen LogP contribution < -0.4 is 19.3 Å². The van der Waals surface area contributed by atoms with Crippen molar-refractivity contribution in [3.63, 3.8) is 0 Å². The molecule has 0 radical (unpaired) electrons. The number of methoxy groups -OCH3 is 1. The maximum atomic E-state index is 11.8. The zero-order valence-corrected chi connectivity index (χ0v) is 16.5. The van der Waals surface area contributed by atoms with E-state index in [9.17, 15) is 10.1 Å². The summed E-state index contributed by atoms with van der Waals surface area (Å²) in [6, 6.07) is 16.7. The molecule has 0 saturated carbocycles. The largest absolute Gasteiger partial charge is 0.497 e. The fraction of sp³-hybridized carbons (Fsp3) is 0.238. The smallest absolute Gasteiger partial charge is 0.373 e. The van der Waals surface area contributed by atoms with E-state index in [0.717, 1.165) is 11.4 Å². The second-order valence-electron chi connectivity index (χ2n) is 6.70. The molecule has 154 valence electrons. The molecule has 2 heterocycles. The summed E-state index contributed by atoms with van der Waals surface area (Å²) in [6.07, 6.45) is 1.30. The number of anilines is 2. The van der Waals surface area contributed by atoms with E-state index in [4.69, 9.17) is 9.47 Å². The van der Waals surface area contributed by atoms with Crippen molar-refractivity contribution < 1.29 is 14.4 Å². The van der Waals surface area contributed by atoms with Gasteiger partial charge in [-0.1, -0.05) is 18.2 Å².